The van der Waals surface area contributed by atoms with E-state index in [-0.39, 0.29) is 23.3 Å². The van der Waals surface area contributed by atoms with Crippen LogP contribution >= 0.6 is 11.3 Å². The van der Waals surface area contributed by atoms with Gasteiger partial charge >= 0.3 is 6.09 Å². The van der Waals surface area contributed by atoms with Crippen LogP contribution in [-0.4, -0.2) is 51.2 Å². The molecule has 0 radical (unpaired) electrons. The number of aryl methyl sites for hydroxylation is 1. The van der Waals surface area contributed by atoms with E-state index in [2.05, 4.69) is 20.8 Å². The zero-order valence-electron chi connectivity index (χ0n) is 20.9. The van der Waals surface area contributed by atoms with Gasteiger partial charge in [0, 0.05) is 17.6 Å². The molecule has 0 saturated carbocycles. The third-order valence-corrected chi connectivity index (χ3v) is 7.29. The highest BCUT2D eigenvalue weighted by Crippen LogP contribution is 2.34. The molecule has 0 aliphatic carbocycles. The summed E-state index contributed by atoms with van der Waals surface area (Å²) in [6.45, 7) is 3.86. The van der Waals surface area contributed by atoms with Crippen molar-refractivity contribution in [3.05, 3.63) is 81.6 Å². The second-order valence-corrected chi connectivity index (χ2v) is 9.95. The molecule has 0 bridgehead atoms. The SMILES string of the molecule is Cc1csc([C@H]2CCCN2C(=O)c2cccc(C(=O)NNC(c3ccccc3)[C@](C)(C=O)OC(N)=O)n2)n1. The molecule has 11 nitrogen and oxygen atoms in total. The number of amides is 3. The summed E-state index contributed by atoms with van der Waals surface area (Å²) in [6.07, 6.45) is 0.951. The van der Waals surface area contributed by atoms with Crippen molar-refractivity contribution < 1.29 is 23.9 Å². The molecule has 12 heteroatoms. The maximum atomic E-state index is 13.3. The predicted octanol–water partition coefficient (Wildman–Crippen LogP) is 2.85. The number of carbonyl (C=O) groups is 4. The molecule has 3 heterocycles. The molecule has 1 fully saturated rings. The lowest BCUT2D eigenvalue weighted by molar-refractivity contribution is -0.126. The number of likely N-dealkylation sites (tertiary alicyclic amines) is 1. The van der Waals surface area contributed by atoms with Crippen molar-refractivity contribution in [1.29, 1.82) is 0 Å². The van der Waals surface area contributed by atoms with E-state index in [9.17, 15) is 19.2 Å². The van der Waals surface area contributed by atoms with Crippen LogP contribution in [0.4, 0.5) is 4.79 Å². The number of primary amides is 1. The van der Waals surface area contributed by atoms with Crippen LogP contribution in [0.25, 0.3) is 0 Å². The van der Waals surface area contributed by atoms with Gasteiger partial charge in [-0.25, -0.2) is 20.2 Å². The number of ether oxygens (including phenoxy) is 1. The van der Waals surface area contributed by atoms with E-state index in [1.54, 1.807) is 47.4 Å². The molecule has 3 aromatic rings. The van der Waals surface area contributed by atoms with Gasteiger partial charge in [0.25, 0.3) is 11.8 Å². The van der Waals surface area contributed by atoms with Gasteiger partial charge in [-0.05, 0) is 44.4 Å². The Balaban J connectivity index is 1.51. The number of aldehydes is 1. The van der Waals surface area contributed by atoms with Gasteiger partial charge in [0.2, 0.25) is 0 Å². The molecule has 1 aliphatic rings. The fourth-order valence-electron chi connectivity index (χ4n) is 4.39. The number of nitrogens with two attached hydrogens (primary N) is 1. The number of rotatable bonds is 9. The summed E-state index contributed by atoms with van der Waals surface area (Å²) >= 11 is 1.52. The third-order valence-electron chi connectivity index (χ3n) is 6.23. The average Bonchev–Trinajstić information content (AvgIpc) is 3.57. The summed E-state index contributed by atoms with van der Waals surface area (Å²) < 4.78 is 5.08. The number of nitrogens with zero attached hydrogens (tertiary/aromatic N) is 3. The molecular weight excluding hydrogens is 508 g/mol. The number of thiazole rings is 1. The van der Waals surface area contributed by atoms with Gasteiger partial charge in [-0.3, -0.25) is 19.8 Å². The Bertz CT molecular complexity index is 1330. The molecule has 38 heavy (non-hydrogen) atoms. The summed E-state index contributed by atoms with van der Waals surface area (Å²) in [6, 6.07) is 12.1. The normalized spacial score (nSPS) is 17.3. The fraction of sp³-hybridized carbons (Fsp3) is 0.308. The van der Waals surface area contributed by atoms with Crippen LogP contribution in [0, 0.1) is 6.92 Å². The lowest BCUT2D eigenvalue weighted by Gasteiger charge is -2.32. The molecule has 1 aliphatic heterocycles. The first-order chi connectivity index (χ1) is 18.2. The van der Waals surface area contributed by atoms with Crippen molar-refractivity contribution in [3.63, 3.8) is 0 Å². The molecule has 0 spiro atoms. The minimum absolute atomic E-state index is 0.0142. The van der Waals surface area contributed by atoms with Crippen molar-refractivity contribution in [1.82, 2.24) is 25.7 Å². The van der Waals surface area contributed by atoms with Crippen molar-refractivity contribution in [2.75, 3.05) is 6.54 Å². The van der Waals surface area contributed by atoms with Crippen molar-refractivity contribution in [3.8, 4) is 0 Å². The van der Waals surface area contributed by atoms with Crippen LogP contribution in [0.15, 0.2) is 53.9 Å². The molecule has 4 N–H and O–H groups in total. The van der Waals surface area contributed by atoms with Crippen LogP contribution in [0.3, 0.4) is 0 Å². The van der Waals surface area contributed by atoms with E-state index in [1.807, 2.05) is 12.3 Å². The van der Waals surface area contributed by atoms with E-state index < -0.39 is 23.6 Å². The number of pyridine rings is 1. The van der Waals surface area contributed by atoms with E-state index in [0.717, 1.165) is 23.5 Å². The predicted molar refractivity (Wildman–Crippen MR) is 139 cm³/mol. The lowest BCUT2D eigenvalue weighted by atomic mass is 9.91. The number of nitrogens with one attached hydrogen (secondary N) is 2. The molecule has 3 atom stereocenters. The molecule has 4 rings (SSSR count). The van der Waals surface area contributed by atoms with E-state index in [4.69, 9.17) is 10.5 Å². The van der Waals surface area contributed by atoms with Crippen LogP contribution in [0.1, 0.15) is 69.1 Å². The maximum Gasteiger partial charge on any atom is 0.405 e. The highest BCUT2D eigenvalue weighted by molar-refractivity contribution is 7.09. The Kier molecular flexibility index (Phi) is 8.13. The van der Waals surface area contributed by atoms with E-state index >= 15 is 0 Å². The van der Waals surface area contributed by atoms with Gasteiger partial charge in [-0.15, -0.1) is 11.3 Å². The zero-order valence-corrected chi connectivity index (χ0v) is 21.7. The molecule has 2 aromatic heterocycles. The highest BCUT2D eigenvalue weighted by Gasteiger charge is 2.39. The van der Waals surface area contributed by atoms with Crippen molar-refractivity contribution in [2.24, 2.45) is 5.73 Å². The van der Waals surface area contributed by atoms with Crippen molar-refractivity contribution in [2.45, 2.75) is 44.4 Å². The number of carbonyl (C=O) groups excluding carboxylic acids is 4. The highest BCUT2D eigenvalue weighted by atomic mass is 32.1. The molecule has 3 amide bonds. The van der Waals surface area contributed by atoms with E-state index in [1.165, 1.54) is 24.3 Å². The number of hydrogen-bond donors (Lipinski definition) is 3. The first-order valence-electron chi connectivity index (χ1n) is 12.0. The zero-order chi connectivity index (χ0) is 27.3. The molecule has 1 unspecified atom stereocenters. The van der Waals surface area contributed by atoms with Crippen LogP contribution in [-0.2, 0) is 9.53 Å². The molecule has 198 valence electrons. The van der Waals surface area contributed by atoms with Gasteiger partial charge in [-0.1, -0.05) is 36.4 Å². The monoisotopic (exact) mass is 536 g/mol. The fourth-order valence-corrected chi connectivity index (χ4v) is 5.33. The summed E-state index contributed by atoms with van der Waals surface area (Å²) in [7, 11) is 0. The first kappa shape index (κ1) is 26.9. The lowest BCUT2D eigenvalue weighted by Crippen LogP contribution is -2.52. The second kappa shape index (κ2) is 11.5. The minimum atomic E-state index is -1.73. The average molecular weight is 537 g/mol. The number of aromatic nitrogens is 2. The standard InChI is InChI=1S/C26H28N6O5S/c1-16-14-38-23(28-16)20-12-7-13-32(20)24(35)19-11-6-10-18(29-19)22(34)31-30-21(17-8-4-3-5-9-17)26(2,15-33)37-25(27)36/h3-6,8-11,14-15,20-21,30H,7,12-13H2,1-2H3,(H2,27,36)(H,31,34)/t20-,21?,26+/m1/s1. The van der Waals surface area contributed by atoms with Gasteiger partial charge in [0.05, 0.1) is 12.1 Å². The van der Waals surface area contributed by atoms with Crippen molar-refractivity contribution >= 4 is 35.5 Å². The van der Waals surface area contributed by atoms with Gasteiger partial charge in [-0.2, -0.15) is 0 Å². The quantitative estimate of drug-likeness (QED) is 0.278. The van der Waals surface area contributed by atoms with Gasteiger partial charge < -0.3 is 15.4 Å². The summed E-state index contributed by atoms with van der Waals surface area (Å²) in [4.78, 5) is 60.3. The first-order valence-corrected chi connectivity index (χ1v) is 12.9. The second-order valence-electron chi connectivity index (χ2n) is 9.06. The topological polar surface area (TPSA) is 157 Å². The molecule has 1 saturated heterocycles. The number of benzene rings is 1. The smallest absolute Gasteiger partial charge is 0.405 e. The third kappa shape index (κ3) is 5.87. The Hall–Kier alpha value is -4.16. The molecular formula is C26H28N6O5S. The Morgan fingerprint density at radius 3 is 2.55 bits per heavy atom. The van der Waals surface area contributed by atoms with Gasteiger partial charge in [0.1, 0.15) is 16.4 Å². The summed E-state index contributed by atoms with van der Waals surface area (Å²) in [5.41, 5.74) is 10.3. The van der Waals surface area contributed by atoms with Crippen LogP contribution in [0.2, 0.25) is 0 Å². The largest absolute Gasteiger partial charge is 0.434 e. The number of hydrazine groups is 1. The van der Waals surface area contributed by atoms with Gasteiger partial charge in [0.15, 0.2) is 11.9 Å². The van der Waals surface area contributed by atoms with Crippen LogP contribution in [0.5, 0.6) is 0 Å². The summed E-state index contributed by atoms with van der Waals surface area (Å²) in [5, 5.41) is 2.84. The Morgan fingerprint density at radius 2 is 1.89 bits per heavy atom. The maximum absolute atomic E-state index is 13.3. The minimum Gasteiger partial charge on any atom is -0.434 e. The van der Waals surface area contributed by atoms with E-state index in [0.29, 0.717) is 18.4 Å². The Morgan fingerprint density at radius 1 is 1.16 bits per heavy atom. The van der Waals surface area contributed by atoms with Crippen LogP contribution < -0.4 is 16.6 Å². The Labute approximate surface area is 223 Å². The molecule has 1 aromatic carbocycles. The summed E-state index contributed by atoms with van der Waals surface area (Å²) in [5.74, 6) is -0.935. The number of hydrogen-bond acceptors (Lipinski definition) is 9.